The minimum Gasteiger partial charge on any atom is -0.368 e. The lowest BCUT2D eigenvalue weighted by molar-refractivity contribution is -0.131. The molecule has 2 heterocycles. The fourth-order valence-corrected chi connectivity index (χ4v) is 3.50. The zero-order chi connectivity index (χ0) is 17.8. The van der Waals surface area contributed by atoms with Gasteiger partial charge in [0, 0.05) is 31.3 Å². The Morgan fingerprint density at radius 1 is 1.12 bits per heavy atom. The van der Waals surface area contributed by atoms with Crippen molar-refractivity contribution in [3.63, 3.8) is 0 Å². The van der Waals surface area contributed by atoms with Crippen molar-refractivity contribution >= 4 is 11.8 Å². The van der Waals surface area contributed by atoms with E-state index < -0.39 is 0 Å². The van der Waals surface area contributed by atoms with Crippen molar-refractivity contribution in [2.45, 2.75) is 57.6 Å². The first-order chi connectivity index (χ1) is 12.0. The third kappa shape index (κ3) is 4.40. The lowest BCUT2D eigenvalue weighted by Crippen LogP contribution is -2.48. The van der Waals surface area contributed by atoms with Crippen LogP contribution >= 0.6 is 0 Å². The summed E-state index contributed by atoms with van der Waals surface area (Å²) in [6, 6.07) is 8.05. The predicted octanol–water partition coefficient (Wildman–Crippen LogP) is 2.71. The number of piperidine rings is 1. The smallest absolute Gasteiger partial charge is 0.253 e. The van der Waals surface area contributed by atoms with E-state index in [1.54, 1.807) is 0 Å². The molecule has 0 radical (unpaired) electrons. The fraction of sp³-hybridized carbons (Fsp3) is 0.600. The monoisotopic (exact) mass is 344 g/mol. The molecule has 2 aliphatic heterocycles. The number of amides is 2. The maximum atomic E-state index is 12.6. The van der Waals surface area contributed by atoms with Gasteiger partial charge < -0.3 is 15.0 Å². The van der Waals surface area contributed by atoms with Gasteiger partial charge in [-0.05, 0) is 49.3 Å². The summed E-state index contributed by atoms with van der Waals surface area (Å²) in [4.78, 5) is 26.6. The highest BCUT2D eigenvalue weighted by Crippen LogP contribution is 2.19. The molecule has 1 N–H and O–H groups in total. The normalized spacial score (nSPS) is 21.6. The van der Waals surface area contributed by atoms with Gasteiger partial charge in [0.15, 0.2) is 0 Å². The Bertz CT molecular complexity index is 598. The zero-order valence-electron chi connectivity index (χ0n) is 15.2. The number of nitrogens with one attached hydrogen (secondary N) is 1. The van der Waals surface area contributed by atoms with E-state index in [9.17, 15) is 9.59 Å². The van der Waals surface area contributed by atoms with Gasteiger partial charge in [0.05, 0.1) is 0 Å². The van der Waals surface area contributed by atoms with Gasteiger partial charge in [0.1, 0.15) is 6.10 Å². The molecule has 1 aromatic rings. The first-order valence-electron chi connectivity index (χ1n) is 9.36. The van der Waals surface area contributed by atoms with Crippen LogP contribution in [0.1, 0.15) is 61.4 Å². The Kier molecular flexibility index (Phi) is 5.74. The second-order valence-electron chi connectivity index (χ2n) is 7.35. The van der Waals surface area contributed by atoms with Gasteiger partial charge in [-0.3, -0.25) is 9.59 Å². The molecule has 3 rings (SSSR count). The van der Waals surface area contributed by atoms with E-state index in [1.807, 2.05) is 29.2 Å². The third-order valence-electron chi connectivity index (χ3n) is 5.17. The lowest BCUT2D eigenvalue weighted by atomic mass is 10.00. The molecule has 5 nitrogen and oxygen atoms in total. The largest absolute Gasteiger partial charge is 0.368 e. The molecule has 1 atom stereocenters. The van der Waals surface area contributed by atoms with E-state index in [2.05, 4.69) is 19.2 Å². The summed E-state index contributed by atoms with van der Waals surface area (Å²) < 4.78 is 5.42. The molecule has 2 amide bonds. The van der Waals surface area contributed by atoms with E-state index in [1.165, 1.54) is 5.56 Å². The van der Waals surface area contributed by atoms with Crippen molar-refractivity contribution in [3.05, 3.63) is 35.4 Å². The van der Waals surface area contributed by atoms with Crippen LogP contribution in [0.5, 0.6) is 0 Å². The second kappa shape index (κ2) is 8.00. The molecule has 2 fully saturated rings. The highest BCUT2D eigenvalue weighted by molar-refractivity contribution is 5.94. The van der Waals surface area contributed by atoms with E-state index in [0.29, 0.717) is 25.6 Å². The highest BCUT2D eigenvalue weighted by atomic mass is 16.5. The number of carbonyl (C=O) groups is 2. The van der Waals surface area contributed by atoms with Gasteiger partial charge in [0.2, 0.25) is 5.91 Å². The maximum Gasteiger partial charge on any atom is 0.253 e. The first-order valence-corrected chi connectivity index (χ1v) is 9.36. The van der Waals surface area contributed by atoms with Crippen molar-refractivity contribution in [1.29, 1.82) is 0 Å². The van der Waals surface area contributed by atoms with E-state index in [-0.39, 0.29) is 24.0 Å². The highest BCUT2D eigenvalue weighted by Gasteiger charge is 2.28. The molecule has 0 aliphatic carbocycles. The summed E-state index contributed by atoms with van der Waals surface area (Å²) in [5.41, 5.74) is 1.98. The van der Waals surface area contributed by atoms with Gasteiger partial charge in [-0.15, -0.1) is 0 Å². The molecular weight excluding hydrogens is 316 g/mol. The molecule has 0 spiro atoms. The van der Waals surface area contributed by atoms with Crippen molar-refractivity contribution in [2.75, 3.05) is 19.7 Å². The molecule has 136 valence electrons. The summed E-state index contributed by atoms with van der Waals surface area (Å²) in [5.74, 6) is 0.554. The Labute approximate surface area is 149 Å². The number of nitrogens with zero attached hydrogens (tertiary/aromatic N) is 1. The molecule has 0 saturated carbocycles. The van der Waals surface area contributed by atoms with Crippen molar-refractivity contribution in [1.82, 2.24) is 10.2 Å². The summed E-state index contributed by atoms with van der Waals surface area (Å²) in [6.45, 7) is 6.34. The van der Waals surface area contributed by atoms with E-state index >= 15 is 0 Å². The average Bonchev–Trinajstić information content (AvgIpc) is 3.17. The SMILES string of the molecule is CC(C)c1ccc(C(=O)N2CCC(NC(=O)C3CCCO3)CC2)cc1. The van der Waals surface area contributed by atoms with E-state index in [4.69, 9.17) is 4.74 Å². The molecule has 0 aromatic heterocycles. The van der Waals surface area contributed by atoms with Gasteiger partial charge in [-0.25, -0.2) is 0 Å². The first kappa shape index (κ1) is 17.9. The Balaban J connectivity index is 1.49. The van der Waals surface area contributed by atoms with Crippen LogP contribution < -0.4 is 5.32 Å². The van der Waals surface area contributed by atoms with Crippen LogP contribution in [-0.4, -0.2) is 48.6 Å². The van der Waals surface area contributed by atoms with Crippen LogP contribution in [0.15, 0.2) is 24.3 Å². The van der Waals surface area contributed by atoms with Crippen LogP contribution in [0.4, 0.5) is 0 Å². The minimum absolute atomic E-state index is 0.00607. The van der Waals surface area contributed by atoms with Crippen LogP contribution in [0, 0.1) is 0 Å². The summed E-state index contributed by atoms with van der Waals surface area (Å²) in [7, 11) is 0. The van der Waals surface area contributed by atoms with Crippen LogP contribution in [0.3, 0.4) is 0 Å². The molecule has 5 heteroatoms. The van der Waals surface area contributed by atoms with Crippen molar-refractivity contribution in [2.24, 2.45) is 0 Å². The molecule has 1 aromatic carbocycles. The number of benzene rings is 1. The molecular formula is C20H28N2O3. The lowest BCUT2D eigenvalue weighted by Gasteiger charge is -2.33. The molecule has 0 bridgehead atoms. The third-order valence-corrected chi connectivity index (χ3v) is 5.17. The molecule has 2 aliphatic rings. The number of likely N-dealkylation sites (tertiary alicyclic amines) is 1. The number of hydrogen-bond acceptors (Lipinski definition) is 3. The predicted molar refractivity (Wildman–Crippen MR) is 96.6 cm³/mol. The second-order valence-corrected chi connectivity index (χ2v) is 7.35. The average molecular weight is 344 g/mol. The summed E-state index contributed by atoms with van der Waals surface area (Å²) >= 11 is 0. The van der Waals surface area contributed by atoms with Crippen LogP contribution in [0.25, 0.3) is 0 Å². The molecule has 1 unspecified atom stereocenters. The minimum atomic E-state index is -0.279. The van der Waals surface area contributed by atoms with Gasteiger partial charge >= 0.3 is 0 Å². The Morgan fingerprint density at radius 2 is 1.80 bits per heavy atom. The number of ether oxygens (including phenoxy) is 1. The fourth-order valence-electron chi connectivity index (χ4n) is 3.50. The topological polar surface area (TPSA) is 58.6 Å². The Hall–Kier alpha value is -1.88. The quantitative estimate of drug-likeness (QED) is 0.914. The maximum absolute atomic E-state index is 12.6. The summed E-state index contributed by atoms with van der Waals surface area (Å²) in [5, 5.41) is 3.08. The van der Waals surface area contributed by atoms with Gasteiger partial charge in [-0.1, -0.05) is 26.0 Å². The number of carbonyl (C=O) groups excluding carboxylic acids is 2. The molecule has 2 saturated heterocycles. The van der Waals surface area contributed by atoms with Gasteiger partial charge in [0.25, 0.3) is 5.91 Å². The van der Waals surface area contributed by atoms with E-state index in [0.717, 1.165) is 31.2 Å². The summed E-state index contributed by atoms with van der Waals surface area (Å²) in [6.07, 6.45) is 3.10. The Morgan fingerprint density at radius 3 is 2.36 bits per heavy atom. The molecule has 25 heavy (non-hydrogen) atoms. The van der Waals surface area contributed by atoms with Gasteiger partial charge in [-0.2, -0.15) is 0 Å². The number of hydrogen-bond donors (Lipinski definition) is 1. The zero-order valence-corrected chi connectivity index (χ0v) is 15.2. The standard InChI is InChI=1S/C20H28N2O3/c1-14(2)15-5-7-16(8-6-15)20(24)22-11-9-17(10-12-22)21-19(23)18-4-3-13-25-18/h5-8,14,17-18H,3-4,9-13H2,1-2H3,(H,21,23). The van der Waals surface area contributed by atoms with Crippen LogP contribution in [0.2, 0.25) is 0 Å². The van der Waals surface area contributed by atoms with Crippen molar-refractivity contribution in [3.8, 4) is 0 Å². The number of rotatable bonds is 4. The van der Waals surface area contributed by atoms with Crippen LogP contribution in [-0.2, 0) is 9.53 Å². The van der Waals surface area contributed by atoms with Crippen molar-refractivity contribution < 1.29 is 14.3 Å².